The minimum Gasteiger partial charge on any atom is -0.478 e. The van der Waals surface area contributed by atoms with Crippen LogP contribution in [-0.2, 0) is 4.74 Å². The fourth-order valence-electron chi connectivity index (χ4n) is 4.84. The summed E-state index contributed by atoms with van der Waals surface area (Å²) in [5.41, 5.74) is 14.3. The first-order valence-corrected chi connectivity index (χ1v) is 11.3. The smallest absolute Gasteiger partial charge is 0.409 e. The lowest BCUT2D eigenvalue weighted by Gasteiger charge is -2.36. The summed E-state index contributed by atoms with van der Waals surface area (Å²) in [5, 5.41) is 12.9. The summed E-state index contributed by atoms with van der Waals surface area (Å²) in [6, 6.07) is 20.9. The quantitative estimate of drug-likeness (QED) is 0.305. The van der Waals surface area contributed by atoms with E-state index in [1.165, 1.54) is 28.3 Å². The molecule has 0 atom stereocenters. The summed E-state index contributed by atoms with van der Waals surface area (Å²) in [6.45, 7) is 2.14. The Morgan fingerprint density at radius 2 is 1.60 bits per heavy atom. The molecule has 176 valence electrons. The van der Waals surface area contributed by atoms with Crippen molar-refractivity contribution in [2.45, 2.75) is 5.92 Å². The number of aromatic carboxylic acids is 1. The maximum Gasteiger partial charge on any atom is 0.409 e. The van der Waals surface area contributed by atoms with E-state index in [1.54, 1.807) is 17.0 Å². The second-order valence-corrected chi connectivity index (χ2v) is 8.51. The maximum absolute atomic E-state index is 12.9. The largest absolute Gasteiger partial charge is 0.478 e. The predicted octanol–water partition coefficient (Wildman–Crippen LogP) is 5.40. The molecule has 0 unspecified atom stereocenters. The van der Waals surface area contributed by atoms with Gasteiger partial charge in [-0.15, -0.1) is 0 Å². The number of azide groups is 1. The Balaban J connectivity index is 1.23. The minimum atomic E-state index is -1.10. The zero-order chi connectivity index (χ0) is 24.4. The first kappa shape index (κ1) is 22.3. The molecule has 5 rings (SSSR count). The van der Waals surface area contributed by atoms with Crippen molar-refractivity contribution in [1.29, 1.82) is 0 Å². The summed E-state index contributed by atoms with van der Waals surface area (Å²) in [7, 11) is 0. The molecule has 1 fully saturated rings. The molecule has 0 bridgehead atoms. The maximum atomic E-state index is 12.9. The van der Waals surface area contributed by atoms with E-state index in [4.69, 9.17) is 10.3 Å². The molecule has 0 radical (unpaired) electrons. The van der Waals surface area contributed by atoms with Crippen LogP contribution in [0.15, 0.2) is 71.8 Å². The highest BCUT2D eigenvalue weighted by Gasteiger charge is 2.30. The van der Waals surface area contributed by atoms with Crippen LogP contribution in [0.25, 0.3) is 21.6 Å². The molecule has 1 heterocycles. The Labute approximate surface area is 201 Å². The molecule has 9 nitrogen and oxygen atoms in total. The van der Waals surface area contributed by atoms with Crippen molar-refractivity contribution in [3.8, 4) is 11.1 Å². The number of piperazine rings is 1. The summed E-state index contributed by atoms with van der Waals surface area (Å²) in [4.78, 5) is 30.7. The van der Waals surface area contributed by atoms with Crippen molar-refractivity contribution in [2.75, 3.05) is 37.7 Å². The second-order valence-electron chi connectivity index (χ2n) is 8.51. The van der Waals surface area contributed by atoms with Gasteiger partial charge < -0.3 is 19.6 Å². The number of hydrogen-bond donors (Lipinski definition) is 1. The molecule has 0 spiro atoms. The lowest BCUT2D eigenvalue weighted by molar-refractivity contribution is 0.0697. The first-order chi connectivity index (χ1) is 17.0. The number of carboxylic acid groups (broad SMARTS) is 1. The van der Waals surface area contributed by atoms with Gasteiger partial charge in [-0.1, -0.05) is 53.6 Å². The fraction of sp³-hybridized carbons (Fsp3) is 0.231. The number of ether oxygens (including phenoxy) is 1. The van der Waals surface area contributed by atoms with Gasteiger partial charge in [0.2, 0.25) is 0 Å². The van der Waals surface area contributed by atoms with Gasteiger partial charge in [0.1, 0.15) is 6.61 Å². The summed E-state index contributed by atoms with van der Waals surface area (Å²) in [5.74, 6) is -1.09. The standard InChI is InChI=1S/C26H23N5O4/c27-29-28-18-13-17(25(32)33)14-19(15-18)30-9-11-31(12-10-30)26(34)35-16-24-22-7-3-1-5-20(22)21-6-2-4-8-23(21)24/h1-8,13-15,24H,9-12,16H2,(H,32,33). The zero-order valence-electron chi connectivity index (χ0n) is 18.9. The van der Waals surface area contributed by atoms with Gasteiger partial charge in [-0.3, -0.25) is 0 Å². The Bertz CT molecular complexity index is 1280. The fourth-order valence-corrected chi connectivity index (χ4v) is 4.84. The van der Waals surface area contributed by atoms with E-state index in [2.05, 4.69) is 34.3 Å². The molecule has 0 aromatic heterocycles. The molecule has 0 saturated carbocycles. The van der Waals surface area contributed by atoms with E-state index >= 15 is 0 Å². The number of anilines is 1. The first-order valence-electron chi connectivity index (χ1n) is 11.3. The molecule has 1 saturated heterocycles. The average Bonchev–Trinajstić information content (AvgIpc) is 3.21. The lowest BCUT2D eigenvalue weighted by atomic mass is 9.98. The molecular formula is C26H23N5O4. The SMILES string of the molecule is [N-]=[N+]=Nc1cc(C(=O)O)cc(N2CCN(C(=O)OCC3c4ccccc4-c4ccccc43)CC2)c1. The number of carboxylic acids is 1. The van der Waals surface area contributed by atoms with E-state index in [0.717, 1.165) is 0 Å². The number of amides is 1. The van der Waals surface area contributed by atoms with Crippen molar-refractivity contribution in [3.05, 3.63) is 93.9 Å². The Morgan fingerprint density at radius 3 is 2.20 bits per heavy atom. The van der Waals surface area contributed by atoms with Crippen LogP contribution >= 0.6 is 0 Å². The molecule has 1 amide bonds. The molecular weight excluding hydrogens is 446 g/mol. The van der Waals surface area contributed by atoms with E-state index in [1.807, 2.05) is 29.2 Å². The zero-order valence-corrected chi connectivity index (χ0v) is 18.9. The van der Waals surface area contributed by atoms with E-state index in [-0.39, 0.29) is 29.9 Å². The van der Waals surface area contributed by atoms with E-state index in [0.29, 0.717) is 31.9 Å². The van der Waals surface area contributed by atoms with E-state index in [9.17, 15) is 14.7 Å². The number of carbonyl (C=O) groups excluding carboxylic acids is 1. The number of benzene rings is 3. The number of rotatable bonds is 5. The van der Waals surface area contributed by atoms with Crippen LogP contribution in [0.4, 0.5) is 16.2 Å². The van der Waals surface area contributed by atoms with Crippen LogP contribution in [0.1, 0.15) is 27.4 Å². The molecule has 3 aromatic rings. The van der Waals surface area contributed by atoms with Gasteiger partial charge in [-0.05, 0) is 46.0 Å². The van der Waals surface area contributed by atoms with Gasteiger partial charge in [-0.25, -0.2) is 9.59 Å². The minimum absolute atomic E-state index is 0.00510. The van der Waals surface area contributed by atoms with Crippen LogP contribution in [0.2, 0.25) is 0 Å². The van der Waals surface area contributed by atoms with Crippen molar-refractivity contribution in [1.82, 2.24) is 4.90 Å². The topological polar surface area (TPSA) is 119 Å². The number of carbonyl (C=O) groups is 2. The Hall–Kier alpha value is -4.49. The summed E-state index contributed by atoms with van der Waals surface area (Å²) in [6.07, 6.45) is -0.361. The lowest BCUT2D eigenvalue weighted by Crippen LogP contribution is -2.49. The summed E-state index contributed by atoms with van der Waals surface area (Å²) < 4.78 is 5.76. The van der Waals surface area contributed by atoms with Gasteiger partial charge in [0.05, 0.1) is 5.56 Å². The van der Waals surface area contributed by atoms with Gasteiger partial charge >= 0.3 is 12.1 Å². The van der Waals surface area contributed by atoms with Crippen molar-refractivity contribution in [2.24, 2.45) is 5.11 Å². The molecule has 1 aliphatic heterocycles. The highest BCUT2D eigenvalue weighted by molar-refractivity contribution is 5.90. The predicted molar refractivity (Wildman–Crippen MR) is 131 cm³/mol. The number of fused-ring (bicyclic) bond motifs is 3. The van der Waals surface area contributed by atoms with Gasteiger partial charge in [0, 0.05) is 48.4 Å². The molecule has 1 N–H and O–H groups in total. The van der Waals surface area contributed by atoms with Crippen LogP contribution in [0, 0.1) is 0 Å². The van der Waals surface area contributed by atoms with Gasteiger partial charge in [0.25, 0.3) is 0 Å². The molecule has 2 aliphatic rings. The molecule has 9 heteroatoms. The van der Waals surface area contributed by atoms with Gasteiger partial charge in [0.15, 0.2) is 0 Å². The molecule has 35 heavy (non-hydrogen) atoms. The van der Waals surface area contributed by atoms with Crippen LogP contribution in [0.3, 0.4) is 0 Å². The van der Waals surface area contributed by atoms with Crippen LogP contribution in [-0.4, -0.2) is 54.9 Å². The summed E-state index contributed by atoms with van der Waals surface area (Å²) >= 11 is 0. The third-order valence-corrected chi connectivity index (χ3v) is 6.55. The van der Waals surface area contributed by atoms with Crippen molar-refractivity contribution in [3.63, 3.8) is 0 Å². The normalized spacial score (nSPS) is 14.6. The van der Waals surface area contributed by atoms with Crippen molar-refractivity contribution >= 4 is 23.4 Å². The van der Waals surface area contributed by atoms with Crippen molar-refractivity contribution < 1.29 is 19.4 Å². The third kappa shape index (κ3) is 4.37. The highest BCUT2D eigenvalue weighted by Crippen LogP contribution is 2.44. The second kappa shape index (κ2) is 9.40. The number of hydrogen-bond acceptors (Lipinski definition) is 5. The Kier molecular flexibility index (Phi) is 5.99. The van der Waals surface area contributed by atoms with E-state index < -0.39 is 5.97 Å². The third-order valence-electron chi connectivity index (χ3n) is 6.55. The van der Waals surface area contributed by atoms with Crippen LogP contribution < -0.4 is 4.90 Å². The molecule has 3 aromatic carbocycles. The molecule has 1 aliphatic carbocycles. The Morgan fingerprint density at radius 1 is 0.971 bits per heavy atom. The highest BCUT2D eigenvalue weighted by atomic mass is 16.6. The monoisotopic (exact) mass is 469 g/mol. The average molecular weight is 470 g/mol. The number of nitrogens with zero attached hydrogens (tertiary/aromatic N) is 5. The van der Waals surface area contributed by atoms with Gasteiger partial charge in [-0.2, -0.15) is 0 Å². The van der Waals surface area contributed by atoms with Crippen LogP contribution in [0.5, 0.6) is 0 Å².